The Balaban J connectivity index is 0.00000192. The van der Waals surface area contributed by atoms with Gasteiger partial charge >= 0.3 is 0 Å². The van der Waals surface area contributed by atoms with E-state index >= 15 is 0 Å². The van der Waals surface area contributed by atoms with Crippen molar-refractivity contribution in [3.05, 3.63) is 46.3 Å². The minimum Gasteiger partial charge on any atom is -0.334 e. The molecule has 1 amide bonds. The number of nitrogens with one attached hydrogen (secondary N) is 1. The van der Waals surface area contributed by atoms with Crippen LogP contribution in [-0.2, 0) is 0 Å². The van der Waals surface area contributed by atoms with Crippen LogP contribution >= 0.6 is 35.3 Å². The van der Waals surface area contributed by atoms with E-state index < -0.39 is 0 Å². The number of carbonyl (C=O) groups is 1. The van der Waals surface area contributed by atoms with Crippen LogP contribution in [0.25, 0.3) is 10.4 Å². The van der Waals surface area contributed by atoms with Crippen molar-refractivity contribution in [2.24, 2.45) is 0 Å². The fraction of sp³-hybridized carbons (Fsp3) is 0.353. The Kier molecular flexibility index (Phi) is 6.48. The molecule has 1 aromatic carbocycles. The van der Waals surface area contributed by atoms with Crippen LogP contribution in [0.1, 0.15) is 22.5 Å². The summed E-state index contributed by atoms with van der Waals surface area (Å²) in [6.07, 6.45) is 2.18. The molecule has 0 spiro atoms. The quantitative estimate of drug-likeness (QED) is 0.869. The van der Waals surface area contributed by atoms with Gasteiger partial charge in [-0.3, -0.25) is 4.79 Å². The molecule has 3 rings (SSSR count). The summed E-state index contributed by atoms with van der Waals surface area (Å²) in [5, 5.41) is 3.90. The Morgan fingerprint density at radius 1 is 1.30 bits per heavy atom. The molecule has 6 heteroatoms. The van der Waals surface area contributed by atoms with Crippen LogP contribution in [0.3, 0.4) is 0 Å². The lowest BCUT2D eigenvalue weighted by Crippen LogP contribution is -2.40. The number of likely N-dealkylation sites (N-methyl/N-ethyl adjacent to an activating group) is 1. The SMILES string of the molecule is CNCC1CCCN1C(=O)c1ccc(-c2ccc(Cl)cc2)s1.Cl. The Morgan fingerprint density at radius 3 is 2.74 bits per heavy atom. The molecule has 0 bridgehead atoms. The molecular formula is C17H20Cl2N2OS. The summed E-state index contributed by atoms with van der Waals surface area (Å²) in [5.74, 6) is 0.156. The molecule has 1 unspecified atom stereocenters. The van der Waals surface area contributed by atoms with E-state index in [9.17, 15) is 4.79 Å². The summed E-state index contributed by atoms with van der Waals surface area (Å²) in [6.45, 7) is 1.72. The summed E-state index contributed by atoms with van der Waals surface area (Å²) in [5.41, 5.74) is 1.10. The van der Waals surface area contributed by atoms with Crippen molar-refractivity contribution >= 4 is 41.3 Å². The third kappa shape index (κ3) is 4.07. The van der Waals surface area contributed by atoms with Crippen molar-refractivity contribution in [2.75, 3.05) is 20.1 Å². The van der Waals surface area contributed by atoms with Crippen molar-refractivity contribution in [2.45, 2.75) is 18.9 Å². The molecule has 2 heterocycles. The maximum Gasteiger partial charge on any atom is 0.264 e. The molecule has 1 atom stereocenters. The number of hydrogen-bond donors (Lipinski definition) is 1. The largest absolute Gasteiger partial charge is 0.334 e. The summed E-state index contributed by atoms with van der Waals surface area (Å²) >= 11 is 7.48. The molecule has 0 radical (unpaired) electrons. The molecule has 1 N–H and O–H groups in total. The van der Waals surface area contributed by atoms with E-state index in [1.54, 1.807) is 11.3 Å². The van der Waals surface area contributed by atoms with Gasteiger partial charge in [-0.25, -0.2) is 0 Å². The molecule has 1 aromatic heterocycles. The van der Waals surface area contributed by atoms with Crippen molar-refractivity contribution in [1.82, 2.24) is 10.2 Å². The molecule has 3 nitrogen and oxygen atoms in total. The molecule has 1 aliphatic rings. The molecule has 1 saturated heterocycles. The summed E-state index contributed by atoms with van der Waals surface area (Å²) < 4.78 is 0. The topological polar surface area (TPSA) is 32.3 Å². The van der Waals surface area contributed by atoms with E-state index in [1.165, 1.54) is 0 Å². The summed E-state index contributed by atoms with van der Waals surface area (Å²) in [4.78, 5) is 16.6. The third-order valence-corrected chi connectivity index (χ3v) is 5.40. The van der Waals surface area contributed by atoms with Crippen LogP contribution in [0.2, 0.25) is 5.02 Å². The first-order chi connectivity index (χ1) is 10.7. The predicted molar refractivity (Wildman–Crippen MR) is 100.0 cm³/mol. The van der Waals surface area contributed by atoms with E-state index in [1.807, 2.05) is 48.3 Å². The van der Waals surface area contributed by atoms with E-state index in [0.29, 0.717) is 6.04 Å². The van der Waals surface area contributed by atoms with Crippen molar-refractivity contribution in [3.63, 3.8) is 0 Å². The van der Waals surface area contributed by atoms with Gasteiger partial charge in [-0.15, -0.1) is 23.7 Å². The smallest absolute Gasteiger partial charge is 0.264 e. The van der Waals surface area contributed by atoms with Crippen LogP contribution in [0.4, 0.5) is 0 Å². The van der Waals surface area contributed by atoms with Gasteiger partial charge in [0.05, 0.1) is 4.88 Å². The van der Waals surface area contributed by atoms with Gasteiger partial charge in [0, 0.05) is 29.0 Å². The molecule has 124 valence electrons. The number of halogens is 2. The average Bonchev–Trinajstić information content (AvgIpc) is 3.17. The van der Waals surface area contributed by atoms with Gasteiger partial charge in [0.1, 0.15) is 0 Å². The highest BCUT2D eigenvalue weighted by Crippen LogP contribution is 2.31. The monoisotopic (exact) mass is 370 g/mol. The van der Waals surface area contributed by atoms with Crippen molar-refractivity contribution in [3.8, 4) is 10.4 Å². The predicted octanol–water partition coefficient (Wildman–Crippen LogP) is 4.31. The maximum absolute atomic E-state index is 12.7. The van der Waals surface area contributed by atoms with Crippen LogP contribution in [0.15, 0.2) is 36.4 Å². The number of rotatable bonds is 4. The zero-order valence-electron chi connectivity index (χ0n) is 12.9. The first-order valence-corrected chi connectivity index (χ1v) is 8.70. The van der Waals surface area contributed by atoms with Gasteiger partial charge in [0.25, 0.3) is 5.91 Å². The number of carbonyl (C=O) groups excluding carboxylic acids is 1. The van der Waals surface area contributed by atoms with Crippen molar-refractivity contribution < 1.29 is 4.79 Å². The molecule has 1 aliphatic heterocycles. The van der Waals surface area contributed by atoms with E-state index in [2.05, 4.69) is 5.32 Å². The van der Waals surface area contributed by atoms with Gasteiger partial charge in [-0.1, -0.05) is 23.7 Å². The number of nitrogens with zero attached hydrogens (tertiary/aromatic N) is 1. The maximum atomic E-state index is 12.7. The van der Waals surface area contributed by atoms with Gasteiger partial charge < -0.3 is 10.2 Å². The van der Waals surface area contributed by atoms with E-state index in [-0.39, 0.29) is 18.3 Å². The second kappa shape index (κ2) is 8.15. The second-order valence-corrected chi connectivity index (χ2v) is 7.04. The standard InChI is InChI=1S/C17H19ClN2OS.ClH/c1-19-11-14-3-2-10-20(14)17(21)16-9-8-15(22-16)12-4-6-13(18)7-5-12;/h4-9,14,19H,2-3,10-11H2,1H3;1H. The Morgan fingerprint density at radius 2 is 2.04 bits per heavy atom. The zero-order valence-corrected chi connectivity index (χ0v) is 15.3. The Bertz CT molecular complexity index is 657. The number of thiophene rings is 1. The van der Waals surface area contributed by atoms with Crippen LogP contribution in [0, 0.1) is 0 Å². The van der Waals surface area contributed by atoms with Gasteiger partial charge in [0.15, 0.2) is 0 Å². The number of likely N-dealkylation sites (tertiary alicyclic amines) is 1. The summed E-state index contributed by atoms with van der Waals surface area (Å²) in [7, 11) is 1.94. The normalized spacial score (nSPS) is 17.1. The van der Waals surface area contributed by atoms with Crippen molar-refractivity contribution in [1.29, 1.82) is 0 Å². The van der Waals surface area contributed by atoms with E-state index in [0.717, 1.165) is 46.3 Å². The molecule has 0 aliphatic carbocycles. The average molecular weight is 371 g/mol. The van der Waals surface area contributed by atoms with Crippen LogP contribution in [-0.4, -0.2) is 37.0 Å². The molecule has 1 fully saturated rings. The fourth-order valence-corrected chi connectivity index (χ4v) is 4.01. The highest BCUT2D eigenvalue weighted by molar-refractivity contribution is 7.17. The first kappa shape index (κ1) is 18.3. The molecule has 0 saturated carbocycles. The minimum absolute atomic E-state index is 0. The summed E-state index contributed by atoms with van der Waals surface area (Å²) in [6, 6.07) is 12.0. The molecule has 2 aromatic rings. The number of amides is 1. The fourth-order valence-electron chi connectivity index (χ4n) is 2.91. The van der Waals surface area contributed by atoms with Gasteiger partial charge in [-0.05, 0) is 49.7 Å². The Labute approximate surface area is 152 Å². The zero-order chi connectivity index (χ0) is 15.5. The Hall–Kier alpha value is -1.07. The van der Waals surface area contributed by atoms with Crippen LogP contribution in [0.5, 0.6) is 0 Å². The molecule has 23 heavy (non-hydrogen) atoms. The van der Waals surface area contributed by atoms with Crippen LogP contribution < -0.4 is 5.32 Å². The molecular weight excluding hydrogens is 351 g/mol. The van der Waals surface area contributed by atoms with E-state index in [4.69, 9.17) is 11.6 Å². The highest BCUT2D eigenvalue weighted by atomic mass is 35.5. The number of hydrogen-bond acceptors (Lipinski definition) is 3. The lowest BCUT2D eigenvalue weighted by atomic mass is 10.2. The first-order valence-electron chi connectivity index (χ1n) is 7.50. The lowest BCUT2D eigenvalue weighted by molar-refractivity contribution is 0.0742. The third-order valence-electron chi connectivity index (χ3n) is 4.02. The van der Waals surface area contributed by atoms with Gasteiger partial charge in [0.2, 0.25) is 0 Å². The minimum atomic E-state index is 0. The van der Waals surface area contributed by atoms with Gasteiger partial charge in [-0.2, -0.15) is 0 Å². The second-order valence-electron chi connectivity index (χ2n) is 5.52. The number of benzene rings is 1. The lowest BCUT2D eigenvalue weighted by Gasteiger charge is -2.23. The highest BCUT2D eigenvalue weighted by Gasteiger charge is 2.29.